The summed E-state index contributed by atoms with van der Waals surface area (Å²) in [5.41, 5.74) is 0.187. The number of rotatable bonds is 8. The van der Waals surface area contributed by atoms with E-state index >= 15 is 4.39 Å². The summed E-state index contributed by atoms with van der Waals surface area (Å²) in [4.78, 5) is 12.5. The molecule has 1 aliphatic heterocycles. The molecule has 3 rings (SSSR count). The molecule has 1 aliphatic rings. The highest BCUT2D eigenvalue weighted by atomic mass is 19.1. The first-order chi connectivity index (χ1) is 16.0. The topological polar surface area (TPSA) is 63.2 Å². The number of methoxy groups -OCH3 is 3. The molecule has 6 nitrogen and oxygen atoms in total. The van der Waals surface area contributed by atoms with Crippen LogP contribution in [0.25, 0.3) is 6.08 Å². The van der Waals surface area contributed by atoms with E-state index in [-0.39, 0.29) is 17.9 Å². The minimum Gasteiger partial charge on any atom is -0.496 e. The highest BCUT2D eigenvalue weighted by Crippen LogP contribution is 2.49. The van der Waals surface area contributed by atoms with Crippen LogP contribution in [-0.4, -0.2) is 32.9 Å². The van der Waals surface area contributed by atoms with Crippen LogP contribution >= 0.6 is 0 Å². The molecule has 0 aliphatic carbocycles. The van der Waals surface area contributed by atoms with Crippen molar-refractivity contribution < 1.29 is 32.9 Å². The zero-order valence-corrected chi connectivity index (χ0v) is 21.1. The van der Waals surface area contributed by atoms with Crippen LogP contribution in [-0.2, 0) is 14.9 Å². The molecule has 7 heteroatoms. The van der Waals surface area contributed by atoms with Gasteiger partial charge < -0.3 is 23.7 Å². The number of fused-ring (bicyclic) bond motifs is 1. The van der Waals surface area contributed by atoms with E-state index < -0.39 is 28.9 Å². The Morgan fingerprint density at radius 2 is 1.74 bits per heavy atom. The van der Waals surface area contributed by atoms with Crippen molar-refractivity contribution in [2.75, 3.05) is 21.3 Å². The number of benzene rings is 2. The number of ether oxygens (including phenoxy) is 5. The van der Waals surface area contributed by atoms with Crippen LogP contribution in [0, 0.1) is 5.82 Å². The first-order valence-electron chi connectivity index (χ1n) is 11.2. The molecular weight excluding hydrogens is 439 g/mol. The Morgan fingerprint density at radius 3 is 2.32 bits per heavy atom. The van der Waals surface area contributed by atoms with Crippen molar-refractivity contribution in [3.05, 3.63) is 52.8 Å². The molecule has 0 radical (unpaired) electrons. The SMILES string of the molecule is CCC(=O)OC(c1ccc2c(c1OC)C=CC(C)(C)O2)C(C)(C)c1ccc(OC)c(OC)c1F. The zero-order chi connectivity index (χ0) is 25.3. The largest absolute Gasteiger partial charge is 0.496 e. The summed E-state index contributed by atoms with van der Waals surface area (Å²) in [7, 11) is 4.38. The summed E-state index contributed by atoms with van der Waals surface area (Å²) >= 11 is 0. The predicted octanol–water partition coefficient (Wildman–Crippen LogP) is 6.01. The van der Waals surface area contributed by atoms with Crippen molar-refractivity contribution in [3.8, 4) is 23.0 Å². The van der Waals surface area contributed by atoms with Crippen molar-refractivity contribution in [2.45, 2.75) is 58.2 Å². The van der Waals surface area contributed by atoms with Gasteiger partial charge in [0.05, 0.1) is 26.9 Å². The summed E-state index contributed by atoms with van der Waals surface area (Å²) < 4.78 is 44.0. The third-order valence-corrected chi connectivity index (χ3v) is 6.07. The molecule has 2 aromatic rings. The highest BCUT2D eigenvalue weighted by Gasteiger charge is 2.41. The first-order valence-corrected chi connectivity index (χ1v) is 11.2. The summed E-state index contributed by atoms with van der Waals surface area (Å²) in [6, 6.07) is 6.90. The number of hydrogen-bond donors (Lipinski definition) is 0. The number of esters is 1. The van der Waals surface area contributed by atoms with Gasteiger partial charge in [-0.15, -0.1) is 0 Å². The molecule has 184 valence electrons. The van der Waals surface area contributed by atoms with E-state index in [1.807, 2.05) is 45.9 Å². The van der Waals surface area contributed by atoms with E-state index in [0.29, 0.717) is 22.6 Å². The second-order valence-corrected chi connectivity index (χ2v) is 9.25. The quantitative estimate of drug-likeness (QED) is 0.439. The lowest BCUT2D eigenvalue weighted by atomic mass is 9.75. The normalized spacial score (nSPS) is 15.1. The standard InChI is InChI=1S/C27H33FO6/c1-9-21(29)33-25(27(4,5)18-11-13-20(30-6)24(32-8)22(18)28)17-10-12-19-16(23(17)31-7)14-15-26(2,3)34-19/h10-15,25H,9H2,1-8H3. The van der Waals surface area contributed by atoms with Gasteiger partial charge in [0.25, 0.3) is 0 Å². The van der Waals surface area contributed by atoms with Gasteiger partial charge >= 0.3 is 5.97 Å². The Bertz CT molecular complexity index is 1100. The minimum absolute atomic E-state index is 0.00962. The molecule has 0 spiro atoms. The van der Waals surface area contributed by atoms with E-state index in [1.165, 1.54) is 14.2 Å². The van der Waals surface area contributed by atoms with Crippen molar-refractivity contribution in [2.24, 2.45) is 0 Å². The van der Waals surface area contributed by atoms with Crippen molar-refractivity contribution in [1.29, 1.82) is 0 Å². The smallest absolute Gasteiger partial charge is 0.306 e. The van der Waals surface area contributed by atoms with Crippen LogP contribution in [0.15, 0.2) is 30.3 Å². The van der Waals surface area contributed by atoms with E-state index in [0.717, 1.165) is 5.56 Å². The molecular formula is C27H33FO6. The van der Waals surface area contributed by atoms with Crippen LogP contribution < -0.4 is 18.9 Å². The van der Waals surface area contributed by atoms with E-state index in [9.17, 15) is 4.79 Å². The van der Waals surface area contributed by atoms with Crippen LogP contribution in [0.1, 0.15) is 63.8 Å². The van der Waals surface area contributed by atoms with Gasteiger partial charge in [-0.25, -0.2) is 4.39 Å². The van der Waals surface area contributed by atoms with Crippen molar-refractivity contribution >= 4 is 12.0 Å². The second kappa shape index (κ2) is 9.57. The zero-order valence-electron chi connectivity index (χ0n) is 21.1. The van der Waals surface area contributed by atoms with Gasteiger partial charge in [-0.1, -0.05) is 26.8 Å². The molecule has 0 bridgehead atoms. The Balaban J connectivity index is 2.22. The fraction of sp³-hybridized carbons (Fsp3) is 0.444. The van der Waals surface area contributed by atoms with Gasteiger partial charge in [-0.05, 0) is 44.2 Å². The molecule has 34 heavy (non-hydrogen) atoms. The molecule has 0 aromatic heterocycles. The lowest BCUT2D eigenvalue weighted by molar-refractivity contribution is -0.152. The molecule has 0 amide bonds. The lowest BCUT2D eigenvalue weighted by Gasteiger charge is -2.37. The fourth-order valence-corrected chi connectivity index (χ4v) is 4.22. The average Bonchev–Trinajstić information content (AvgIpc) is 2.80. The van der Waals surface area contributed by atoms with E-state index in [1.54, 1.807) is 32.2 Å². The van der Waals surface area contributed by atoms with Crippen molar-refractivity contribution in [3.63, 3.8) is 0 Å². The van der Waals surface area contributed by atoms with Gasteiger partial charge in [0, 0.05) is 23.0 Å². The fourth-order valence-electron chi connectivity index (χ4n) is 4.22. The molecule has 1 unspecified atom stereocenters. The highest BCUT2D eigenvalue weighted by molar-refractivity contribution is 5.72. The molecule has 2 aromatic carbocycles. The van der Waals surface area contributed by atoms with Gasteiger partial charge in [0.2, 0.25) is 0 Å². The minimum atomic E-state index is -1.01. The third-order valence-electron chi connectivity index (χ3n) is 6.07. The van der Waals surface area contributed by atoms with E-state index in [4.69, 9.17) is 23.7 Å². The maximum absolute atomic E-state index is 15.6. The summed E-state index contributed by atoms with van der Waals surface area (Å²) in [5, 5.41) is 0. The lowest BCUT2D eigenvalue weighted by Crippen LogP contribution is -2.33. The van der Waals surface area contributed by atoms with Crippen LogP contribution in [0.5, 0.6) is 23.0 Å². The maximum Gasteiger partial charge on any atom is 0.306 e. The van der Waals surface area contributed by atoms with Gasteiger partial charge in [-0.2, -0.15) is 0 Å². The summed E-state index contributed by atoms with van der Waals surface area (Å²) in [6.45, 7) is 9.27. The van der Waals surface area contributed by atoms with Gasteiger partial charge in [0.1, 0.15) is 23.2 Å². The second-order valence-electron chi connectivity index (χ2n) is 9.25. The Labute approximate surface area is 200 Å². The molecule has 0 saturated heterocycles. The summed E-state index contributed by atoms with van der Waals surface area (Å²) in [6.07, 6.45) is 3.18. The number of halogens is 1. The predicted molar refractivity (Wildman–Crippen MR) is 128 cm³/mol. The Hall–Kier alpha value is -3.22. The number of carbonyl (C=O) groups excluding carboxylic acids is 1. The first kappa shape index (κ1) is 25.4. The van der Waals surface area contributed by atoms with Crippen LogP contribution in [0.3, 0.4) is 0 Å². The molecule has 0 saturated carbocycles. The maximum atomic E-state index is 15.6. The number of hydrogen-bond acceptors (Lipinski definition) is 6. The molecule has 1 heterocycles. The molecule has 0 N–H and O–H groups in total. The third kappa shape index (κ3) is 4.56. The monoisotopic (exact) mass is 472 g/mol. The molecule has 0 fully saturated rings. The van der Waals surface area contributed by atoms with Crippen LogP contribution in [0.4, 0.5) is 4.39 Å². The van der Waals surface area contributed by atoms with Crippen molar-refractivity contribution in [1.82, 2.24) is 0 Å². The average molecular weight is 473 g/mol. The molecule has 1 atom stereocenters. The Kier molecular flexibility index (Phi) is 7.15. The Morgan fingerprint density at radius 1 is 1.06 bits per heavy atom. The van der Waals surface area contributed by atoms with E-state index in [2.05, 4.69) is 0 Å². The number of carbonyl (C=O) groups is 1. The van der Waals surface area contributed by atoms with Gasteiger partial charge in [0.15, 0.2) is 17.3 Å². The summed E-state index contributed by atoms with van der Waals surface area (Å²) in [5.74, 6) is 0.441. The van der Waals surface area contributed by atoms with Crippen LogP contribution in [0.2, 0.25) is 0 Å². The van der Waals surface area contributed by atoms with Gasteiger partial charge in [-0.3, -0.25) is 4.79 Å².